The van der Waals surface area contributed by atoms with Crippen molar-refractivity contribution in [2.45, 2.75) is 19.4 Å². The van der Waals surface area contributed by atoms with Crippen LogP contribution in [0.15, 0.2) is 18.2 Å². The molecule has 1 aliphatic carbocycles. The molecule has 2 nitrogen and oxygen atoms in total. The third-order valence-corrected chi connectivity index (χ3v) is 2.49. The standard InChI is InChI=1S/C11H11FN2/c1-7-2-11(7)14-10-4-8(6-13)3-9(12)5-10/h3-5,7,11,14H,2H2,1H3. The van der Waals surface area contributed by atoms with Crippen molar-refractivity contribution in [3.05, 3.63) is 29.6 Å². The number of anilines is 1. The monoisotopic (exact) mass is 190 g/mol. The number of nitrogens with zero attached hydrogens (tertiary/aromatic N) is 1. The Morgan fingerprint density at radius 1 is 1.50 bits per heavy atom. The second-order valence-corrected chi connectivity index (χ2v) is 3.80. The molecule has 0 amide bonds. The van der Waals surface area contributed by atoms with Crippen LogP contribution in [0, 0.1) is 23.1 Å². The Hall–Kier alpha value is -1.56. The summed E-state index contributed by atoms with van der Waals surface area (Å²) in [6.07, 6.45) is 1.12. The van der Waals surface area contributed by atoms with E-state index in [0.717, 1.165) is 6.42 Å². The molecular weight excluding hydrogens is 179 g/mol. The topological polar surface area (TPSA) is 35.8 Å². The minimum Gasteiger partial charge on any atom is -0.382 e. The Bertz CT molecular complexity index is 395. The van der Waals surface area contributed by atoms with Crippen LogP contribution in [0.25, 0.3) is 0 Å². The highest BCUT2D eigenvalue weighted by molar-refractivity contribution is 5.51. The van der Waals surface area contributed by atoms with Gasteiger partial charge in [0.25, 0.3) is 0 Å². The van der Waals surface area contributed by atoms with Gasteiger partial charge in [-0.1, -0.05) is 6.92 Å². The number of rotatable bonds is 2. The van der Waals surface area contributed by atoms with Crippen LogP contribution in [-0.2, 0) is 0 Å². The van der Waals surface area contributed by atoms with Crippen LogP contribution in [0.5, 0.6) is 0 Å². The van der Waals surface area contributed by atoms with Crippen molar-refractivity contribution in [1.82, 2.24) is 0 Å². The van der Waals surface area contributed by atoms with E-state index < -0.39 is 0 Å². The summed E-state index contributed by atoms with van der Waals surface area (Å²) in [6, 6.07) is 6.72. The number of hydrogen-bond acceptors (Lipinski definition) is 2. The second-order valence-electron chi connectivity index (χ2n) is 3.80. The quantitative estimate of drug-likeness (QED) is 0.777. The molecule has 3 heteroatoms. The summed E-state index contributed by atoms with van der Waals surface area (Å²) >= 11 is 0. The molecular formula is C11H11FN2. The molecule has 14 heavy (non-hydrogen) atoms. The van der Waals surface area contributed by atoms with Crippen LogP contribution >= 0.6 is 0 Å². The van der Waals surface area contributed by atoms with E-state index in [2.05, 4.69) is 12.2 Å². The van der Waals surface area contributed by atoms with E-state index in [1.165, 1.54) is 12.1 Å². The van der Waals surface area contributed by atoms with Crippen molar-refractivity contribution in [2.75, 3.05) is 5.32 Å². The van der Waals surface area contributed by atoms with Crippen molar-refractivity contribution in [1.29, 1.82) is 5.26 Å². The third kappa shape index (κ3) is 1.85. The lowest BCUT2D eigenvalue weighted by Gasteiger charge is -2.05. The Labute approximate surface area is 82.4 Å². The highest BCUT2D eigenvalue weighted by Gasteiger charge is 2.32. The van der Waals surface area contributed by atoms with Gasteiger partial charge in [-0.3, -0.25) is 0 Å². The molecule has 1 fully saturated rings. The molecule has 0 heterocycles. The zero-order valence-corrected chi connectivity index (χ0v) is 7.92. The molecule has 72 valence electrons. The highest BCUT2D eigenvalue weighted by atomic mass is 19.1. The van der Waals surface area contributed by atoms with Crippen molar-refractivity contribution < 1.29 is 4.39 Å². The predicted octanol–water partition coefficient (Wildman–Crippen LogP) is 2.52. The fourth-order valence-electron chi connectivity index (χ4n) is 1.47. The molecule has 0 aliphatic heterocycles. The Balaban J connectivity index is 2.17. The lowest BCUT2D eigenvalue weighted by molar-refractivity contribution is 0.627. The van der Waals surface area contributed by atoms with Gasteiger partial charge in [-0.05, 0) is 30.5 Å². The summed E-state index contributed by atoms with van der Waals surface area (Å²) in [5, 5.41) is 11.8. The first kappa shape index (κ1) is 9.01. The number of halogens is 1. The van der Waals surface area contributed by atoms with Gasteiger partial charge in [0.15, 0.2) is 0 Å². The van der Waals surface area contributed by atoms with E-state index in [4.69, 9.17) is 5.26 Å². The summed E-state index contributed by atoms with van der Waals surface area (Å²) in [6.45, 7) is 2.14. The summed E-state index contributed by atoms with van der Waals surface area (Å²) in [4.78, 5) is 0. The molecule has 1 aliphatic rings. The Morgan fingerprint density at radius 3 is 2.79 bits per heavy atom. The first-order valence-electron chi connectivity index (χ1n) is 4.66. The molecule has 1 saturated carbocycles. The number of nitrogens with one attached hydrogen (secondary N) is 1. The van der Waals surface area contributed by atoms with Crippen molar-refractivity contribution in [3.8, 4) is 6.07 Å². The first-order valence-corrected chi connectivity index (χ1v) is 4.66. The zero-order chi connectivity index (χ0) is 10.1. The largest absolute Gasteiger partial charge is 0.382 e. The molecule has 1 aromatic rings. The van der Waals surface area contributed by atoms with Crippen LogP contribution in [-0.4, -0.2) is 6.04 Å². The lowest BCUT2D eigenvalue weighted by atomic mass is 10.2. The lowest BCUT2D eigenvalue weighted by Crippen LogP contribution is -2.03. The molecule has 2 atom stereocenters. The zero-order valence-electron chi connectivity index (χ0n) is 7.92. The van der Waals surface area contributed by atoms with Crippen LogP contribution in [0.4, 0.5) is 10.1 Å². The van der Waals surface area contributed by atoms with Gasteiger partial charge in [0.05, 0.1) is 11.6 Å². The minimum absolute atomic E-state index is 0.361. The van der Waals surface area contributed by atoms with Gasteiger partial charge in [-0.15, -0.1) is 0 Å². The number of benzene rings is 1. The van der Waals surface area contributed by atoms with Crippen LogP contribution in [0.2, 0.25) is 0 Å². The normalized spacial score (nSPS) is 24.1. The van der Waals surface area contributed by atoms with Crippen molar-refractivity contribution >= 4 is 5.69 Å². The van der Waals surface area contributed by atoms with Gasteiger partial charge < -0.3 is 5.32 Å². The molecule has 0 radical (unpaired) electrons. The van der Waals surface area contributed by atoms with Gasteiger partial charge in [-0.2, -0.15) is 5.26 Å². The van der Waals surface area contributed by atoms with E-state index in [1.807, 2.05) is 6.07 Å². The highest BCUT2D eigenvalue weighted by Crippen LogP contribution is 2.32. The molecule has 1 aromatic carbocycles. The van der Waals surface area contributed by atoms with Crippen LogP contribution < -0.4 is 5.32 Å². The maximum absolute atomic E-state index is 13.0. The van der Waals surface area contributed by atoms with E-state index in [-0.39, 0.29) is 5.82 Å². The van der Waals surface area contributed by atoms with E-state index in [0.29, 0.717) is 23.2 Å². The van der Waals surface area contributed by atoms with Crippen molar-refractivity contribution in [3.63, 3.8) is 0 Å². The van der Waals surface area contributed by atoms with Gasteiger partial charge in [0, 0.05) is 11.7 Å². The number of hydrogen-bond donors (Lipinski definition) is 1. The summed E-state index contributed by atoms with van der Waals surface area (Å²) in [5.74, 6) is 0.295. The molecule has 0 spiro atoms. The average molecular weight is 190 g/mol. The fraction of sp³-hybridized carbons (Fsp3) is 0.364. The second kappa shape index (κ2) is 3.30. The number of nitriles is 1. The maximum atomic E-state index is 13.0. The molecule has 2 rings (SSSR count). The molecule has 1 N–H and O–H groups in total. The summed E-state index contributed by atoms with van der Waals surface area (Å²) < 4.78 is 13.0. The van der Waals surface area contributed by atoms with E-state index in [9.17, 15) is 4.39 Å². The summed E-state index contributed by atoms with van der Waals surface area (Å²) in [5.41, 5.74) is 1.07. The van der Waals surface area contributed by atoms with Gasteiger partial charge in [0.2, 0.25) is 0 Å². The molecule has 0 bridgehead atoms. The smallest absolute Gasteiger partial charge is 0.126 e. The van der Waals surface area contributed by atoms with E-state index in [1.54, 1.807) is 6.07 Å². The molecule has 2 unspecified atom stereocenters. The Morgan fingerprint density at radius 2 is 2.21 bits per heavy atom. The van der Waals surface area contributed by atoms with Gasteiger partial charge in [-0.25, -0.2) is 4.39 Å². The summed E-state index contributed by atoms with van der Waals surface area (Å²) in [7, 11) is 0. The molecule has 0 saturated heterocycles. The van der Waals surface area contributed by atoms with Gasteiger partial charge in [0.1, 0.15) is 5.82 Å². The molecule has 0 aromatic heterocycles. The van der Waals surface area contributed by atoms with Crippen LogP contribution in [0.3, 0.4) is 0 Å². The van der Waals surface area contributed by atoms with Crippen molar-refractivity contribution in [2.24, 2.45) is 5.92 Å². The average Bonchev–Trinajstić information content (AvgIpc) is 2.80. The maximum Gasteiger partial charge on any atom is 0.126 e. The fourth-order valence-corrected chi connectivity index (χ4v) is 1.47. The predicted molar refractivity (Wildman–Crippen MR) is 52.3 cm³/mol. The van der Waals surface area contributed by atoms with Crippen LogP contribution in [0.1, 0.15) is 18.9 Å². The van der Waals surface area contributed by atoms with E-state index >= 15 is 0 Å². The van der Waals surface area contributed by atoms with Gasteiger partial charge >= 0.3 is 0 Å². The minimum atomic E-state index is -0.361. The SMILES string of the molecule is CC1CC1Nc1cc(F)cc(C#N)c1. The third-order valence-electron chi connectivity index (χ3n) is 2.49. The first-order chi connectivity index (χ1) is 6.69. The Kier molecular flexibility index (Phi) is 2.12.